The van der Waals surface area contributed by atoms with Gasteiger partial charge >= 0.3 is 0 Å². The third-order valence-corrected chi connectivity index (χ3v) is 1.98. The number of ether oxygens (including phenoxy) is 2. The lowest BCUT2D eigenvalue weighted by Crippen LogP contribution is -2.24. The fourth-order valence-corrected chi connectivity index (χ4v) is 1.27. The summed E-state index contributed by atoms with van der Waals surface area (Å²) in [6.45, 7) is 0.183. The maximum atomic E-state index is 11.4. The monoisotopic (exact) mass is 207 g/mol. The van der Waals surface area contributed by atoms with Crippen molar-refractivity contribution in [2.75, 3.05) is 13.3 Å². The van der Waals surface area contributed by atoms with E-state index in [1.807, 2.05) is 0 Å². The Morgan fingerprint density at radius 1 is 1.40 bits per heavy atom. The highest BCUT2D eigenvalue weighted by molar-refractivity contribution is 5.95. The van der Waals surface area contributed by atoms with Crippen molar-refractivity contribution >= 4 is 12.2 Å². The van der Waals surface area contributed by atoms with Gasteiger partial charge in [0.25, 0.3) is 5.91 Å². The average molecular weight is 207 g/mol. The fraction of sp³-hybridized carbons (Fsp3) is 0.200. The minimum absolute atomic E-state index is 0.00722. The van der Waals surface area contributed by atoms with Gasteiger partial charge in [-0.1, -0.05) is 0 Å². The largest absolute Gasteiger partial charge is 0.454 e. The molecule has 0 spiro atoms. The number of carbonyl (C=O) groups excluding carboxylic acids is 2. The van der Waals surface area contributed by atoms with E-state index in [0.717, 1.165) is 0 Å². The number of amides is 1. The molecule has 0 atom stereocenters. The molecule has 1 N–H and O–H groups in total. The number of carbonyl (C=O) groups is 2. The van der Waals surface area contributed by atoms with Gasteiger partial charge in [0.15, 0.2) is 11.5 Å². The molecule has 1 amide bonds. The molecule has 2 rings (SSSR count). The summed E-state index contributed by atoms with van der Waals surface area (Å²) in [6, 6.07) is 4.87. The molecule has 0 radical (unpaired) electrons. The van der Waals surface area contributed by atoms with Crippen LogP contribution in [0.3, 0.4) is 0 Å². The van der Waals surface area contributed by atoms with E-state index in [2.05, 4.69) is 5.32 Å². The third kappa shape index (κ3) is 1.90. The molecule has 0 unspecified atom stereocenters. The first-order valence-electron chi connectivity index (χ1n) is 4.43. The van der Waals surface area contributed by atoms with Crippen LogP contribution < -0.4 is 14.8 Å². The molecule has 0 aliphatic carbocycles. The SMILES string of the molecule is O=CCNC(=O)c1ccc2c(c1)OCO2. The molecule has 15 heavy (non-hydrogen) atoms. The van der Waals surface area contributed by atoms with Gasteiger partial charge in [0.1, 0.15) is 6.29 Å². The van der Waals surface area contributed by atoms with Gasteiger partial charge in [0.05, 0.1) is 6.54 Å². The number of hydrogen-bond acceptors (Lipinski definition) is 4. The first-order chi connectivity index (χ1) is 7.31. The van der Waals surface area contributed by atoms with Crippen LogP contribution in [0.15, 0.2) is 18.2 Å². The maximum Gasteiger partial charge on any atom is 0.251 e. The molecule has 1 aliphatic heterocycles. The lowest BCUT2D eigenvalue weighted by Gasteiger charge is -2.02. The highest BCUT2D eigenvalue weighted by atomic mass is 16.7. The second-order valence-corrected chi connectivity index (χ2v) is 2.94. The van der Waals surface area contributed by atoms with E-state index in [-0.39, 0.29) is 19.2 Å². The van der Waals surface area contributed by atoms with Crippen molar-refractivity contribution in [3.8, 4) is 11.5 Å². The van der Waals surface area contributed by atoms with Crippen molar-refractivity contribution in [3.05, 3.63) is 23.8 Å². The second kappa shape index (κ2) is 4.00. The van der Waals surface area contributed by atoms with Crippen LogP contribution in [0.2, 0.25) is 0 Å². The van der Waals surface area contributed by atoms with Crippen LogP contribution in [0.25, 0.3) is 0 Å². The van der Waals surface area contributed by atoms with Crippen molar-refractivity contribution in [1.29, 1.82) is 0 Å². The van der Waals surface area contributed by atoms with Crippen LogP contribution in [-0.2, 0) is 4.79 Å². The minimum atomic E-state index is -0.305. The molecule has 1 aromatic rings. The second-order valence-electron chi connectivity index (χ2n) is 2.94. The number of hydrogen-bond donors (Lipinski definition) is 1. The standard InChI is InChI=1S/C10H9NO4/c12-4-3-11-10(13)7-1-2-8-9(5-7)15-6-14-8/h1-2,4-5H,3,6H2,(H,11,13). The summed E-state index contributed by atoms with van der Waals surface area (Å²) in [5, 5.41) is 2.44. The zero-order valence-electron chi connectivity index (χ0n) is 7.86. The zero-order valence-corrected chi connectivity index (χ0v) is 7.86. The molecule has 1 aliphatic rings. The molecule has 5 nitrogen and oxygen atoms in total. The molecule has 5 heteroatoms. The van der Waals surface area contributed by atoms with Gasteiger partial charge in [0, 0.05) is 5.56 Å². The third-order valence-electron chi connectivity index (χ3n) is 1.98. The number of nitrogens with one attached hydrogen (secondary N) is 1. The van der Waals surface area contributed by atoms with Crippen molar-refractivity contribution < 1.29 is 19.1 Å². The first kappa shape index (κ1) is 9.51. The highest BCUT2D eigenvalue weighted by Crippen LogP contribution is 2.32. The molecule has 0 saturated carbocycles. The number of benzene rings is 1. The predicted octanol–water partition coefficient (Wildman–Crippen LogP) is 0.344. The summed E-state index contributed by atoms with van der Waals surface area (Å²) in [5.74, 6) is 0.871. The minimum Gasteiger partial charge on any atom is -0.454 e. The van der Waals surface area contributed by atoms with E-state index in [9.17, 15) is 9.59 Å². The lowest BCUT2D eigenvalue weighted by atomic mass is 10.2. The summed E-state index contributed by atoms with van der Waals surface area (Å²) in [5.41, 5.74) is 0.445. The molecule has 0 saturated heterocycles. The van der Waals surface area contributed by atoms with E-state index in [1.54, 1.807) is 18.2 Å². The molecule has 0 fully saturated rings. The Morgan fingerprint density at radius 3 is 3.00 bits per heavy atom. The zero-order chi connectivity index (χ0) is 10.7. The number of aldehydes is 1. The Kier molecular flexibility index (Phi) is 2.53. The maximum absolute atomic E-state index is 11.4. The fourth-order valence-electron chi connectivity index (χ4n) is 1.27. The van der Waals surface area contributed by atoms with Gasteiger partial charge < -0.3 is 19.6 Å². The Labute approximate surface area is 86.0 Å². The average Bonchev–Trinajstić information content (AvgIpc) is 2.72. The lowest BCUT2D eigenvalue weighted by molar-refractivity contribution is -0.107. The summed E-state index contributed by atoms with van der Waals surface area (Å²) >= 11 is 0. The van der Waals surface area contributed by atoms with Gasteiger partial charge in [-0.15, -0.1) is 0 Å². The smallest absolute Gasteiger partial charge is 0.251 e. The summed E-state index contributed by atoms with van der Waals surface area (Å²) < 4.78 is 10.2. The Balaban J connectivity index is 2.15. The quantitative estimate of drug-likeness (QED) is 0.726. The van der Waals surface area contributed by atoms with Crippen LogP contribution in [0.4, 0.5) is 0 Å². The first-order valence-corrected chi connectivity index (χ1v) is 4.43. The highest BCUT2D eigenvalue weighted by Gasteiger charge is 2.15. The molecule has 0 aromatic heterocycles. The molecular formula is C10H9NO4. The summed E-state index contributed by atoms with van der Waals surface area (Å²) in [6.07, 6.45) is 0.630. The molecule has 1 aromatic carbocycles. The van der Waals surface area contributed by atoms with E-state index in [4.69, 9.17) is 9.47 Å². The summed E-state index contributed by atoms with van der Waals surface area (Å²) in [7, 11) is 0. The van der Waals surface area contributed by atoms with E-state index in [1.165, 1.54) is 0 Å². The van der Waals surface area contributed by atoms with Crippen LogP contribution >= 0.6 is 0 Å². The van der Waals surface area contributed by atoms with Crippen molar-refractivity contribution in [2.24, 2.45) is 0 Å². The van der Waals surface area contributed by atoms with Gasteiger partial charge in [-0.05, 0) is 18.2 Å². The van der Waals surface area contributed by atoms with Crippen LogP contribution in [0.5, 0.6) is 11.5 Å². The van der Waals surface area contributed by atoms with E-state index in [0.29, 0.717) is 23.3 Å². The normalized spacial score (nSPS) is 12.3. The Morgan fingerprint density at radius 2 is 2.20 bits per heavy atom. The van der Waals surface area contributed by atoms with Crippen LogP contribution in [-0.4, -0.2) is 25.5 Å². The van der Waals surface area contributed by atoms with E-state index >= 15 is 0 Å². The van der Waals surface area contributed by atoms with Crippen molar-refractivity contribution in [3.63, 3.8) is 0 Å². The van der Waals surface area contributed by atoms with Crippen LogP contribution in [0, 0.1) is 0 Å². The van der Waals surface area contributed by atoms with Crippen molar-refractivity contribution in [2.45, 2.75) is 0 Å². The van der Waals surface area contributed by atoms with Gasteiger partial charge in [-0.2, -0.15) is 0 Å². The van der Waals surface area contributed by atoms with Gasteiger partial charge in [-0.25, -0.2) is 0 Å². The van der Waals surface area contributed by atoms with Gasteiger partial charge in [0.2, 0.25) is 6.79 Å². The summed E-state index contributed by atoms with van der Waals surface area (Å²) in [4.78, 5) is 21.5. The van der Waals surface area contributed by atoms with Crippen LogP contribution in [0.1, 0.15) is 10.4 Å². The molecule has 78 valence electrons. The van der Waals surface area contributed by atoms with Crippen molar-refractivity contribution in [1.82, 2.24) is 5.32 Å². The molecular weight excluding hydrogens is 198 g/mol. The Bertz CT molecular complexity index is 402. The molecule has 1 heterocycles. The van der Waals surface area contributed by atoms with Gasteiger partial charge in [-0.3, -0.25) is 4.79 Å². The number of rotatable bonds is 3. The molecule has 0 bridgehead atoms. The predicted molar refractivity (Wildman–Crippen MR) is 51.0 cm³/mol. The van der Waals surface area contributed by atoms with E-state index < -0.39 is 0 Å². The Hall–Kier alpha value is -2.04. The topological polar surface area (TPSA) is 64.6 Å². The number of fused-ring (bicyclic) bond motifs is 1.